The third-order valence-corrected chi connectivity index (χ3v) is 3.05. The van der Waals surface area contributed by atoms with Gasteiger partial charge in [0.25, 0.3) is 0 Å². The first-order valence-electron chi connectivity index (χ1n) is 4.45. The summed E-state index contributed by atoms with van der Waals surface area (Å²) in [6, 6.07) is 3.98. The van der Waals surface area contributed by atoms with E-state index >= 15 is 0 Å². The Morgan fingerprint density at radius 2 is 1.80 bits per heavy atom. The monoisotopic (exact) mass is 231 g/mol. The molecule has 0 saturated heterocycles. The van der Waals surface area contributed by atoms with Gasteiger partial charge in [0.15, 0.2) is 0 Å². The largest absolute Gasteiger partial charge is 0.240 e. The maximum Gasteiger partial charge on any atom is 0.240 e. The quantitative estimate of drug-likeness (QED) is 0.800. The number of nitrogens with two attached hydrogens (primary N) is 1. The molecule has 5 heteroatoms. The van der Waals surface area contributed by atoms with Crippen molar-refractivity contribution in [1.82, 2.24) is 0 Å². The molecule has 0 amide bonds. The normalized spacial score (nSPS) is 12.9. The average Bonchev–Trinajstić information content (AvgIpc) is 1.99. The van der Waals surface area contributed by atoms with Gasteiger partial charge in [-0.15, -0.1) is 0 Å². The molecule has 1 aromatic rings. The summed E-state index contributed by atoms with van der Waals surface area (Å²) in [6.07, 6.45) is 0. The summed E-state index contributed by atoms with van der Waals surface area (Å²) >= 11 is 0. The van der Waals surface area contributed by atoms with E-state index < -0.39 is 20.7 Å². The summed E-state index contributed by atoms with van der Waals surface area (Å²) in [5, 5.41) is 4.85. The lowest BCUT2D eigenvalue weighted by molar-refractivity contribution is 0.549. The van der Waals surface area contributed by atoms with Crippen LogP contribution in [0, 0.1) is 5.82 Å². The van der Waals surface area contributed by atoms with Crippen LogP contribution in [0.3, 0.4) is 0 Å². The average molecular weight is 231 g/mol. The van der Waals surface area contributed by atoms with Crippen molar-refractivity contribution in [3.63, 3.8) is 0 Å². The molecule has 2 N–H and O–H groups in total. The zero-order chi connectivity index (χ0) is 11.9. The van der Waals surface area contributed by atoms with Crippen LogP contribution >= 0.6 is 0 Å². The van der Waals surface area contributed by atoms with Gasteiger partial charge in [-0.2, -0.15) is 0 Å². The molecular formula is C10H14FNO2S. The molecule has 0 saturated carbocycles. The Balaban J connectivity index is 3.34. The fraction of sp³-hybridized carbons (Fsp3) is 0.400. The van der Waals surface area contributed by atoms with Gasteiger partial charge in [-0.3, -0.25) is 0 Å². The van der Waals surface area contributed by atoms with E-state index in [1.54, 1.807) is 6.07 Å². The molecule has 0 atom stereocenters. The van der Waals surface area contributed by atoms with Crippen LogP contribution in [0.1, 0.15) is 26.3 Å². The van der Waals surface area contributed by atoms with Crippen LogP contribution in [-0.2, 0) is 15.4 Å². The fourth-order valence-electron chi connectivity index (χ4n) is 1.20. The van der Waals surface area contributed by atoms with Gasteiger partial charge in [-0.05, 0) is 23.1 Å². The molecule has 0 heterocycles. The van der Waals surface area contributed by atoms with Crippen molar-refractivity contribution in [3.05, 3.63) is 29.6 Å². The molecule has 0 bridgehead atoms. The molecule has 0 aromatic heterocycles. The highest BCUT2D eigenvalue weighted by molar-refractivity contribution is 7.89. The van der Waals surface area contributed by atoms with Crippen LogP contribution < -0.4 is 5.14 Å². The van der Waals surface area contributed by atoms with Gasteiger partial charge in [0, 0.05) is 0 Å². The van der Waals surface area contributed by atoms with Crippen molar-refractivity contribution >= 4 is 10.0 Å². The molecule has 0 aliphatic carbocycles. The Morgan fingerprint density at radius 1 is 1.27 bits per heavy atom. The summed E-state index contributed by atoms with van der Waals surface area (Å²) in [7, 11) is -3.97. The first kappa shape index (κ1) is 12.1. The molecule has 1 rings (SSSR count). The minimum Gasteiger partial charge on any atom is -0.225 e. The number of sulfonamides is 1. The number of hydrogen-bond acceptors (Lipinski definition) is 2. The first-order chi connectivity index (χ1) is 6.62. The first-order valence-corrected chi connectivity index (χ1v) is 6.00. The molecule has 0 aliphatic heterocycles. The molecule has 15 heavy (non-hydrogen) atoms. The van der Waals surface area contributed by atoms with Crippen LogP contribution in [-0.4, -0.2) is 8.42 Å². The number of halogens is 1. The maximum absolute atomic E-state index is 13.4. The zero-order valence-corrected chi connectivity index (χ0v) is 9.73. The number of rotatable bonds is 1. The van der Waals surface area contributed by atoms with Crippen LogP contribution in [0.2, 0.25) is 0 Å². The van der Waals surface area contributed by atoms with E-state index in [1.165, 1.54) is 12.1 Å². The summed E-state index contributed by atoms with van der Waals surface area (Å²) in [4.78, 5) is -0.462. The van der Waals surface area contributed by atoms with Gasteiger partial charge in [0.1, 0.15) is 10.7 Å². The fourth-order valence-corrected chi connectivity index (χ4v) is 1.79. The molecule has 0 fully saturated rings. The molecule has 0 radical (unpaired) electrons. The van der Waals surface area contributed by atoms with E-state index in [0.29, 0.717) is 0 Å². The molecule has 84 valence electrons. The Hall–Kier alpha value is -0.940. The Bertz CT molecular complexity index is 475. The second-order valence-electron chi connectivity index (χ2n) is 4.44. The summed E-state index contributed by atoms with van der Waals surface area (Å²) < 4.78 is 35.3. The highest BCUT2D eigenvalue weighted by atomic mass is 32.2. The van der Waals surface area contributed by atoms with Gasteiger partial charge in [-0.1, -0.05) is 26.8 Å². The molecule has 0 unspecified atom stereocenters. The standard InChI is InChI=1S/C10H14FNO2S/c1-10(2,3)7-4-5-9(8(11)6-7)15(12,13)14/h4-6H,1-3H3,(H2,12,13,14). The maximum atomic E-state index is 13.4. The van der Waals surface area contributed by atoms with Crippen LogP contribution in [0.25, 0.3) is 0 Å². The van der Waals surface area contributed by atoms with E-state index in [1.807, 2.05) is 20.8 Å². The van der Waals surface area contributed by atoms with E-state index in [9.17, 15) is 12.8 Å². The second-order valence-corrected chi connectivity index (χ2v) is 5.97. The van der Waals surface area contributed by atoms with Crippen molar-refractivity contribution in [2.24, 2.45) is 5.14 Å². The van der Waals surface area contributed by atoms with Gasteiger partial charge in [-0.25, -0.2) is 17.9 Å². The van der Waals surface area contributed by atoms with Crippen LogP contribution in [0.5, 0.6) is 0 Å². The van der Waals surface area contributed by atoms with E-state index in [-0.39, 0.29) is 5.41 Å². The predicted molar refractivity (Wildman–Crippen MR) is 56.5 cm³/mol. The van der Waals surface area contributed by atoms with Crippen LogP contribution in [0.4, 0.5) is 4.39 Å². The zero-order valence-electron chi connectivity index (χ0n) is 8.91. The van der Waals surface area contributed by atoms with Gasteiger partial charge >= 0.3 is 0 Å². The van der Waals surface area contributed by atoms with Gasteiger partial charge in [0.2, 0.25) is 10.0 Å². The third-order valence-electron chi connectivity index (χ3n) is 2.10. The minimum absolute atomic E-state index is 0.224. The molecule has 0 spiro atoms. The predicted octanol–water partition coefficient (Wildman–Crippen LogP) is 1.77. The number of hydrogen-bond donors (Lipinski definition) is 1. The summed E-state index contributed by atoms with van der Waals surface area (Å²) in [5.41, 5.74) is 0.505. The van der Waals surface area contributed by atoms with Crippen LogP contribution in [0.15, 0.2) is 23.1 Å². The van der Waals surface area contributed by atoms with E-state index in [4.69, 9.17) is 5.14 Å². The number of primary sulfonamides is 1. The van der Waals surface area contributed by atoms with E-state index in [2.05, 4.69) is 0 Å². The lowest BCUT2D eigenvalue weighted by Crippen LogP contribution is -2.16. The third kappa shape index (κ3) is 2.76. The van der Waals surface area contributed by atoms with Crippen molar-refractivity contribution in [2.45, 2.75) is 31.1 Å². The van der Waals surface area contributed by atoms with Crippen molar-refractivity contribution in [3.8, 4) is 0 Å². The minimum atomic E-state index is -3.97. The smallest absolute Gasteiger partial charge is 0.225 e. The van der Waals surface area contributed by atoms with Crippen molar-refractivity contribution in [2.75, 3.05) is 0 Å². The van der Waals surface area contributed by atoms with Crippen molar-refractivity contribution < 1.29 is 12.8 Å². The summed E-state index contributed by atoms with van der Waals surface area (Å²) in [6.45, 7) is 5.75. The highest BCUT2D eigenvalue weighted by Crippen LogP contribution is 2.25. The SMILES string of the molecule is CC(C)(C)c1ccc(S(N)(=O)=O)c(F)c1. The van der Waals surface area contributed by atoms with Crippen molar-refractivity contribution in [1.29, 1.82) is 0 Å². The molecule has 3 nitrogen and oxygen atoms in total. The highest BCUT2D eigenvalue weighted by Gasteiger charge is 2.19. The summed E-state index contributed by atoms with van der Waals surface area (Å²) in [5.74, 6) is -0.801. The number of benzene rings is 1. The molecular weight excluding hydrogens is 217 g/mol. The van der Waals surface area contributed by atoms with Gasteiger partial charge in [0.05, 0.1) is 0 Å². The Morgan fingerprint density at radius 3 is 2.13 bits per heavy atom. The molecule has 0 aliphatic rings. The molecule has 1 aromatic carbocycles. The van der Waals surface area contributed by atoms with E-state index in [0.717, 1.165) is 5.56 Å². The second kappa shape index (κ2) is 3.57. The van der Waals surface area contributed by atoms with Gasteiger partial charge < -0.3 is 0 Å². The Kier molecular flexibility index (Phi) is 2.89. The lowest BCUT2D eigenvalue weighted by atomic mass is 9.87. The Labute approximate surface area is 89.2 Å². The topological polar surface area (TPSA) is 60.2 Å². The lowest BCUT2D eigenvalue weighted by Gasteiger charge is -2.19.